The van der Waals surface area contributed by atoms with Crippen molar-refractivity contribution in [1.82, 2.24) is 10.2 Å². The molecule has 82 valence electrons. The van der Waals surface area contributed by atoms with Gasteiger partial charge in [-0.15, -0.1) is 0 Å². The van der Waals surface area contributed by atoms with E-state index in [1.165, 1.54) is 24.5 Å². The standard InChI is InChI=1S/C11H10FN3O/c1-7-4-9(2-3-10(7)12)15-11(16)8-5-13-14-6-8/h2-6H,1H3,(H,13,14)(H,15,16). The number of carbonyl (C=O) groups excluding carboxylic acids is 1. The Morgan fingerprint density at radius 3 is 2.94 bits per heavy atom. The first-order chi connectivity index (χ1) is 7.66. The van der Waals surface area contributed by atoms with E-state index in [1.54, 1.807) is 13.0 Å². The Balaban J connectivity index is 2.15. The fourth-order valence-corrected chi connectivity index (χ4v) is 1.30. The third-order valence-electron chi connectivity index (χ3n) is 2.18. The monoisotopic (exact) mass is 219 g/mol. The Morgan fingerprint density at radius 2 is 2.31 bits per heavy atom. The molecule has 2 rings (SSSR count). The van der Waals surface area contributed by atoms with Crippen LogP contribution < -0.4 is 5.32 Å². The zero-order valence-electron chi connectivity index (χ0n) is 8.62. The molecule has 0 aliphatic carbocycles. The van der Waals surface area contributed by atoms with Crippen LogP contribution in [-0.2, 0) is 0 Å². The largest absolute Gasteiger partial charge is 0.322 e. The maximum absolute atomic E-state index is 13.0. The summed E-state index contributed by atoms with van der Waals surface area (Å²) in [5.74, 6) is -0.568. The summed E-state index contributed by atoms with van der Waals surface area (Å²) in [6.07, 6.45) is 2.91. The summed E-state index contributed by atoms with van der Waals surface area (Å²) >= 11 is 0. The Bertz CT molecular complexity index is 508. The number of hydrogen-bond acceptors (Lipinski definition) is 2. The molecule has 1 aromatic heterocycles. The van der Waals surface area contributed by atoms with Gasteiger partial charge in [-0.3, -0.25) is 9.89 Å². The molecule has 0 radical (unpaired) electrons. The summed E-state index contributed by atoms with van der Waals surface area (Å²) < 4.78 is 13.0. The normalized spacial score (nSPS) is 10.1. The third kappa shape index (κ3) is 2.08. The van der Waals surface area contributed by atoms with Crippen LogP contribution in [0.4, 0.5) is 10.1 Å². The Labute approximate surface area is 91.5 Å². The lowest BCUT2D eigenvalue weighted by atomic mass is 10.2. The van der Waals surface area contributed by atoms with Gasteiger partial charge < -0.3 is 5.32 Å². The van der Waals surface area contributed by atoms with Crippen molar-refractivity contribution in [2.45, 2.75) is 6.92 Å². The number of hydrogen-bond donors (Lipinski definition) is 2. The highest BCUT2D eigenvalue weighted by molar-refractivity contribution is 6.03. The zero-order chi connectivity index (χ0) is 11.5. The molecule has 0 saturated carbocycles. The van der Waals surface area contributed by atoms with Crippen LogP contribution in [0.3, 0.4) is 0 Å². The molecule has 5 heteroatoms. The lowest BCUT2D eigenvalue weighted by Gasteiger charge is -2.04. The number of aromatic amines is 1. The van der Waals surface area contributed by atoms with Crippen molar-refractivity contribution < 1.29 is 9.18 Å². The summed E-state index contributed by atoms with van der Waals surface area (Å²) in [5, 5.41) is 8.86. The summed E-state index contributed by atoms with van der Waals surface area (Å²) in [5.41, 5.74) is 1.48. The number of carbonyl (C=O) groups is 1. The highest BCUT2D eigenvalue weighted by Crippen LogP contribution is 2.14. The molecule has 0 fully saturated rings. The first-order valence-corrected chi connectivity index (χ1v) is 4.73. The van der Waals surface area contributed by atoms with Gasteiger partial charge in [0.2, 0.25) is 0 Å². The van der Waals surface area contributed by atoms with Gasteiger partial charge in [0.1, 0.15) is 5.82 Å². The van der Waals surface area contributed by atoms with Gasteiger partial charge in [-0.1, -0.05) is 0 Å². The maximum atomic E-state index is 13.0. The average Bonchev–Trinajstić information content (AvgIpc) is 2.77. The number of nitrogens with zero attached hydrogens (tertiary/aromatic N) is 1. The molecular formula is C11H10FN3O. The van der Waals surface area contributed by atoms with Gasteiger partial charge in [-0.25, -0.2) is 4.39 Å². The van der Waals surface area contributed by atoms with Crippen LogP contribution >= 0.6 is 0 Å². The number of rotatable bonds is 2. The van der Waals surface area contributed by atoms with Crippen LogP contribution in [0.15, 0.2) is 30.6 Å². The molecule has 0 aliphatic heterocycles. The number of benzene rings is 1. The summed E-state index contributed by atoms with van der Waals surface area (Å²) in [6, 6.07) is 4.41. The van der Waals surface area contributed by atoms with Crippen LogP contribution in [0.1, 0.15) is 15.9 Å². The van der Waals surface area contributed by atoms with Gasteiger partial charge in [0.25, 0.3) is 5.91 Å². The SMILES string of the molecule is Cc1cc(NC(=O)c2cn[nH]c2)ccc1F. The minimum atomic E-state index is -0.290. The second kappa shape index (κ2) is 4.14. The van der Waals surface area contributed by atoms with Crippen molar-refractivity contribution >= 4 is 11.6 Å². The van der Waals surface area contributed by atoms with Crippen molar-refractivity contribution in [2.24, 2.45) is 0 Å². The van der Waals surface area contributed by atoms with E-state index in [0.717, 1.165) is 0 Å². The predicted molar refractivity (Wildman–Crippen MR) is 57.7 cm³/mol. The molecule has 1 heterocycles. The molecule has 16 heavy (non-hydrogen) atoms. The smallest absolute Gasteiger partial charge is 0.258 e. The second-order valence-electron chi connectivity index (χ2n) is 3.41. The van der Waals surface area contributed by atoms with Crippen molar-refractivity contribution in [1.29, 1.82) is 0 Å². The van der Waals surface area contributed by atoms with Gasteiger partial charge in [0.15, 0.2) is 0 Å². The number of amides is 1. The average molecular weight is 219 g/mol. The molecule has 0 aliphatic rings. The number of nitrogens with one attached hydrogen (secondary N) is 2. The van der Waals surface area contributed by atoms with E-state index in [-0.39, 0.29) is 11.7 Å². The molecule has 2 aromatic rings. The van der Waals surface area contributed by atoms with Crippen LogP contribution in [0.25, 0.3) is 0 Å². The number of halogens is 1. The fraction of sp³-hybridized carbons (Fsp3) is 0.0909. The molecule has 0 unspecified atom stereocenters. The molecule has 1 amide bonds. The highest BCUT2D eigenvalue weighted by atomic mass is 19.1. The first-order valence-electron chi connectivity index (χ1n) is 4.73. The van der Waals surface area contributed by atoms with Crippen molar-refractivity contribution in [2.75, 3.05) is 5.32 Å². The van der Waals surface area contributed by atoms with Crippen molar-refractivity contribution in [3.63, 3.8) is 0 Å². The highest BCUT2D eigenvalue weighted by Gasteiger charge is 2.07. The van der Waals surface area contributed by atoms with Gasteiger partial charge in [0, 0.05) is 11.9 Å². The molecule has 0 spiro atoms. The third-order valence-corrected chi connectivity index (χ3v) is 2.18. The van der Waals surface area contributed by atoms with Crippen molar-refractivity contribution in [3.8, 4) is 0 Å². The first kappa shape index (κ1) is 10.4. The molecule has 0 atom stereocenters. The van der Waals surface area contributed by atoms with E-state index in [2.05, 4.69) is 15.5 Å². The molecular weight excluding hydrogens is 209 g/mol. The Kier molecular flexibility index (Phi) is 2.68. The molecule has 0 bridgehead atoms. The van der Waals surface area contributed by atoms with E-state index >= 15 is 0 Å². The van der Waals surface area contributed by atoms with E-state index in [0.29, 0.717) is 16.8 Å². The summed E-state index contributed by atoms with van der Waals surface area (Å²) in [4.78, 5) is 11.6. The Hall–Kier alpha value is -2.17. The quantitative estimate of drug-likeness (QED) is 0.812. The lowest BCUT2D eigenvalue weighted by molar-refractivity contribution is 0.102. The molecule has 4 nitrogen and oxygen atoms in total. The van der Waals surface area contributed by atoms with Gasteiger partial charge in [-0.2, -0.15) is 5.10 Å². The summed E-state index contributed by atoms with van der Waals surface area (Å²) in [6.45, 7) is 1.64. The van der Waals surface area contributed by atoms with E-state index in [1.807, 2.05) is 0 Å². The number of aromatic nitrogens is 2. The van der Waals surface area contributed by atoms with Crippen LogP contribution in [0.2, 0.25) is 0 Å². The summed E-state index contributed by atoms with van der Waals surface area (Å²) in [7, 11) is 0. The van der Waals surface area contributed by atoms with E-state index in [9.17, 15) is 9.18 Å². The maximum Gasteiger partial charge on any atom is 0.258 e. The van der Waals surface area contributed by atoms with Crippen LogP contribution in [0, 0.1) is 12.7 Å². The minimum Gasteiger partial charge on any atom is -0.322 e. The van der Waals surface area contributed by atoms with Gasteiger partial charge in [-0.05, 0) is 30.7 Å². The van der Waals surface area contributed by atoms with Gasteiger partial charge >= 0.3 is 0 Å². The van der Waals surface area contributed by atoms with E-state index < -0.39 is 0 Å². The van der Waals surface area contributed by atoms with Gasteiger partial charge in [0.05, 0.1) is 11.8 Å². The number of aryl methyl sites for hydroxylation is 1. The Morgan fingerprint density at radius 1 is 1.50 bits per heavy atom. The zero-order valence-corrected chi connectivity index (χ0v) is 8.62. The topological polar surface area (TPSA) is 57.8 Å². The predicted octanol–water partition coefficient (Wildman–Crippen LogP) is 2.11. The van der Waals surface area contributed by atoms with Crippen molar-refractivity contribution in [3.05, 3.63) is 47.5 Å². The number of anilines is 1. The number of H-pyrrole nitrogens is 1. The second-order valence-corrected chi connectivity index (χ2v) is 3.41. The molecule has 1 aromatic carbocycles. The molecule has 0 saturated heterocycles. The lowest BCUT2D eigenvalue weighted by Crippen LogP contribution is -2.11. The fourth-order valence-electron chi connectivity index (χ4n) is 1.30. The van der Waals surface area contributed by atoms with E-state index in [4.69, 9.17) is 0 Å². The van der Waals surface area contributed by atoms with Crippen LogP contribution in [0.5, 0.6) is 0 Å². The molecule has 2 N–H and O–H groups in total. The van der Waals surface area contributed by atoms with Crippen LogP contribution in [-0.4, -0.2) is 16.1 Å². The minimum absolute atomic E-state index is 0.278.